The number of carbonyl (C=O) groups is 1. The summed E-state index contributed by atoms with van der Waals surface area (Å²) in [6.07, 6.45) is 2.51. The van der Waals surface area contributed by atoms with E-state index < -0.39 is 10.0 Å². The summed E-state index contributed by atoms with van der Waals surface area (Å²) in [4.78, 5) is 16.0. The van der Waals surface area contributed by atoms with Crippen LogP contribution in [0.5, 0.6) is 0 Å². The van der Waals surface area contributed by atoms with Crippen molar-refractivity contribution in [2.45, 2.75) is 24.3 Å². The van der Waals surface area contributed by atoms with Crippen molar-refractivity contribution in [2.24, 2.45) is 0 Å². The van der Waals surface area contributed by atoms with Crippen LogP contribution in [0.4, 0.5) is 11.4 Å². The van der Waals surface area contributed by atoms with Crippen molar-refractivity contribution in [3.8, 4) is 0 Å². The Morgan fingerprint density at radius 1 is 0.897 bits per heavy atom. The van der Waals surface area contributed by atoms with E-state index in [1.165, 1.54) is 22.7 Å². The summed E-state index contributed by atoms with van der Waals surface area (Å²) < 4.78 is 33.6. The van der Waals surface area contributed by atoms with Crippen LogP contribution < -0.4 is 10.6 Å². The number of anilines is 2. The van der Waals surface area contributed by atoms with Crippen LogP contribution in [-0.4, -0.2) is 62.9 Å². The lowest BCUT2D eigenvalue weighted by molar-refractivity contribution is -0.110. The molecule has 3 heterocycles. The van der Waals surface area contributed by atoms with Crippen molar-refractivity contribution in [3.63, 3.8) is 0 Å². The number of sulfonamides is 1. The zero-order chi connectivity index (χ0) is 26.8. The lowest BCUT2D eigenvalue weighted by Gasteiger charge is -2.26. The van der Waals surface area contributed by atoms with E-state index in [0.29, 0.717) is 48.8 Å². The van der Waals surface area contributed by atoms with E-state index in [1.807, 2.05) is 42.5 Å². The molecule has 1 amide bonds. The molecule has 0 bridgehead atoms. The van der Waals surface area contributed by atoms with E-state index in [2.05, 4.69) is 27.7 Å². The number of nitrogens with one attached hydrogen (secondary N) is 2. The summed E-state index contributed by atoms with van der Waals surface area (Å²) in [6, 6.07) is 22.8. The first-order valence-corrected chi connectivity index (χ1v) is 14.8. The fraction of sp³-hybridized carbons (Fsp3) is 0.300. The monoisotopic (exact) mass is 544 g/mol. The standard InChI is InChI=1S/C30H32N4O4S/c35-30-28(26-20-25(12-13-27(26)32-30)39(36,37)34-16-18-38-19-17-34)29(23-6-2-1-3-7-23)31-24-10-8-22(9-11-24)21-33-14-4-5-15-33/h1-3,6-13,20,31H,4-5,14-19,21H2,(H,32,35)/b29-28-. The highest BCUT2D eigenvalue weighted by Gasteiger charge is 2.32. The highest BCUT2D eigenvalue weighted by atomic mass is 32.2. The van der Waals surface area contributed by atoms with Gasteiger partial charge in [0.05, 0.1) is 29.4 Å². The van der Waals surface area contributed by atoms with Crippen LogP contribution in [0, 0.1) is 0 Å². The number of carbonyl (C=O) groups excluding carboxylic acids is 1. The molecule has 3 aliphatic heterocycles. The van der Waals surface area contributed by atoms with Gasteiger partial charge < -0.3 is 15.4 Å². The number of rotatable bonds is 7. The van der Waals surface area contributed by atoms with Gasteiger partial charge in [0.15, 0.2) is 0 Å². The summed E-state index contributed by atoms with van der Waals surface area (Å²) >= 11 is 0. The first-order chi connectivity index (χ1) is 19.0. The van der Waals surface area contributed by atoms with E-state index in [0.717, 1.165) is 30.9 Å². The Morgan fingerprint density at radius 2 is 1.62 bits per heavy atom. The molecule has 2 saturated heterocycles. The van der Waals surface area contributed by atoms with Gasteiger partial charge in [-0.1, -0.05) is 42.5 Å². The molecule has 39 heavy (non-hydrogen) atoms. The maximum atomic E-state index is 13.4. The summed E-state index contributed by atoms with van der Waals surface area (Å²) in [5, 5.41) is 6.40. The predicted octanol–water partition coefficient (Wildman–Crippen LogP) is 4.24. The number of morpholine rings is 1. The van der Waals surface area contributed by atoms with Crippen LogP contribution in [0.2, 0.25) is 0 Å². The van der Waals surface area contributed by atoms with Gasteiger partial charge in [-0.15, -0.1) is 0 Å². The molecule has 9 heteroatoms. The summed E-state index contributed by atoms with van der Waals surface area (Å²) in [6.45, 7) is 4.57. The van der Waals surface area contributed by atoms with Crippen LogP contribution in [-0.2, 0) is 26.1 Å². The molecule has 2 N–H and O–H groups in total. The van der Waals surface area contributed by atoms with Gasteiger partial charge in [0, 0.05) is 36.6 Å². The smallest absolute Gasteiger partial charge is 0.258 e. The highest BCUT2D eigenvalue weighted by Crippen LogP contribution is 2.39. The van der Waals surface area contributed by atoms with Crippen LogP contribution in [0.3, 0.4) is 0 Å². The number of hydrogen-bond acceptors (Lipinski definition) is 6. The molecule has 0 saturated carbocycles. The van der Waals surface area contributed by atoms with Gasteiger partial charge in [-0.25, -0.2) is 8.42 Å². The van der Waals surface area contributed by atoms with Gasteiger partial charge in [-0.05, 0) is 67.4 Å². The summed E-state index contributed by atoms with van der Waals surface area (Å²) in [5.74, 6) is -0.275. The fourth-order valence-electron chi connectivity index (χ4n) is 5.41. The van der Waals surface area contributed by atoms with Crippen LogP contribution in [0.1, 0.15) is 29.5 Å². The Hall–Kier alpha value is -3.50. The van der Waals surface area contributed by atoms with Crippen molar-refractivity contribution >= 4 is 38.6 Å². The lowest BCUT2D eigenvalue weighted by atomic mass is 10.00. The van der Waals surface area contributed by atoms with Gasteiger partial charge in [0.1, 0.15) is 0 Å². The van der Waals surface area contributed by atoms with Crippen molar-refractivity contribution in [1.29, 1.82) is 0 Å². The Labute approximate surface area is 229 Å². The second-order valence-electron chi connectivity index (χ2n) is 10.1. The minimum atomic E-state index is -3.72. The molecule has 0 aliphatic carbocycles. The molecule has 0 atom stereocenters. The molecule has 3 aromatic rings. The van der Waals surface area contributed by atoms with E-state index >= 15 is 0 Å². The largest absolute Gasteiger partial charge is 0.379 e. The van der Waals surface area contributed by atoms with Crippen molar-refractivity contribution in [2.75, 3.05) is 50.0 Å². The minimum Gasteiger partial charge on any atom is -0.379 e. The Kier molecular flexibility index (Phi) is 7.22. The van der Waals surface area contributed by atoms with Crippen molar-refractivity contribution < 1.29 is 17.9 Å². The molecule has 3 aromatic carbocycles. The Morgan fingerprint density at radius 3 is 2.33 bits per heavy atom. The number of hydrogen-bond donors (Lipinski definition) is 2. The summed E-state index contributed by atoms with van der Waals surface area (Å²) in [5.41, 5.74) is 5.12. The zero-order valence-corrected chi connectivity index (χ0v) is 22.5. The number of nitrogens with zero attached hydrogens (tertiary/aromatic N) is 2. The quantitative estimate of drug-likeness (QED) is 0.433. The Balaban J connectivity index is 1.37. The molecule has 3 aliphatic rings. The Bertz CT molecular complexity index is 1490. The molecular weight excluding hydrogens is 512 g/mol. The third kappa shape index (κ3) is 5.35. The van der Waals surface area contributed by atoms with E-state index in [9.17, 15) is 13.2 Å². The molecule has 6 rings (SSSR count). The maximum Gasteiger partial charge on any atom is 0.258 e. The first kappa shape index (κ1) is 25.8. The van der Waals surface area contributed by atoms with Crippen molar-refractivity contribution in [3.05, 3.63) is 89.5 Å². The highest BCUT2D eigenvalue weighted by molar-refractivity contribution is 7.89. The molecule has 202 valence electrons. The summed E-state index contributed by atoms with van der Waals surface area (Å²) in [7, 11) is -3.72. The molecular formula is C30H32N4O4S. The zero-order valence-electron chi connectivity index (χ0n) is 21.7. The average molecular weight is 545 g/mol. The lowest BCUT2D eigenvalue weighted by Crippen LogP contribution is -2.40. The van der Waals surface area contributed by atoms with Crippen LogP contribution in [0.25, 0.3) is 11.3 Å². The number of likely N-dealkylation sites (tertiary alicyclic amines) is 1. The van der Waals surface area contributed by atoms with Crippen LogP contribution >= 0.6 is 0 Å². The molecule has 0 spiro atoms. The fourth-order valence-corrected chi connectivity index (χ4v) is 6.85. The molecule has 0 aromatic heterocycles. The topological polar surface area (TPSA) is 91.0 Å². The normalized spacial score (nSPS) is 19.5. The van der Waals surface area contributed by atoms with E-state index in [4.69, 9.17) is 4.74 Å². The van der Waals surface area contributed by atoms with Gasteiger partial charge in [0.2, 0.25) is 10.0 Å². The van der Waals surface area contributed by atoms with E-state index in [-0.39, 0.29) is 10.8 Å². The van der Waals surface area contributed by atoms with Crippen molar-refractivity contribution in [1.82, 2.24) is 9.21 Å². The molecule has 2 fully saturated rings. The van der Waals surface area contributed by atoms with Gasteiger partial charge in [0.25, 0.3) is 5.91 Å². The second kappa shape index (κ2) is 10.9. The predicted molar refractivity (Wildman–Crippen MR) is 152 cm³/mol. The van der Waals surface area contributed by atoms with Gasteiger partial charge in [-0.3, -0.25) is 9.69 Å². The SMILES string of the molecule is O=C1Nc2ccc(S(=O)(=O)N3CCOCC3)cc2/C1=C(/Nc1ccc(CN2CCCC2)cc1)c1ccccc1. The van der Waals surface area contributed by atoms with Gasteiger partial charge in [-0.2, -0.15) is 4.31 Å². The average Bonchev–Trinajstić information content (AvgIpc) is 3.60. The number of amides is 1. The van der Waals surface area contributed by atoms with E-state index in [1.54, 1.807) is 18.2 Å². The minimum absolute atomic E-state index is 0.163. The van der Waals surface area contributed by atoms with Crippen LogP contribution in [0.15, 0.2) is 77.7 Å². The third-order valence-corrected chi connectivity index (χ3v) is 9.38. The maximum absolute atomic E-state index is 13.4. The number of benzene rings is 3. The first-order valence-electron chi connectivity index (χ1n) is 13.4. The second-order valence-corrected chi connectivity index (χ2v) is 12.0. The third-order valence-electron chi connectivity index (χ3n) is 7.48. The molecule has 0 radical (unpaired) electrons. The number of fused-ring (bicyclic) bond motifs is 1. The number of ether oxygens (including phenoxy) is 1. The van der Waals surface area contributed by atoms with Gasteiger partial charge >= 0.3 is 0 Å². The molecule has 0 unspecified atom stereocenters. The molecule has 8 nitrogen and oxygen atoms in total.